The summed E-state index contributed by atoms with van der Waals surface area (Å²) >= 11 is 0. The Labute approximate surface area is 80.4 Å². The fourth-order valence-corrected chi connectivity index (χ4v) is 2.36. The van der Waals surface area contributed by atoms with E-state index in [1.165, 1.54) is 43.3 Å². The van der Waals surface area contributed by atoms with Crippen LogP contribution in [0.15, 0.2) is 0 Å². The van der Waals surface area contributed by atoms with Gasteiger partial charge in [-0.3, -0.25) is 0 Å². The summed E-state index contributed by atoms with van der Waals surface area (Å²) in [7, 11) is 2.42. The average Bonchev–Trinajstić information content (AvgIpc) is 1.82. The molecule has 0 spiro atoms. The smallest absolute Gasteiger partial charge is 0.0942 e. The Morgan fingerprint density at radius 1 is 1.10 bits per heavy atom. The van der Waals surface area contributed by atoms with E-state index in [0.29, 0.717) is 0 Å². The Bertz CT molecular complexity index is 126. The van der Waals surface area contributed by atoms with Crippen LogP contribution in [0, 0.1) is 0 Å². The molecular formula is C8H16IN. The molecule has 0 aromatic rings. The van der Waals surface area contributed by atoms with E-state index >= 15 is 0 Å². The Kier molecular flexibility index (Phi) is 2.61. The summed E-state index contributed by atoms with van der Waals surface area (Å²) in [5.74, 6) is 0. The van der Waals surface area contributed by atoms with E-state index < -0.39 is 0 Å². The van der Waals surface area contributed by atoms with Crippen molar-refractivity contribution >= 4 is 0 Å². The van der Waals surface area contributed by atoms with Crippen LogP contribution in [-0.2, 0) is 0 Å². The lowest BCUT2D eigenvalue weighted by atomic mass is 9.89. The second-order valence-electron chi connectivity index (χ2n) is 3.86. The van der Waals surface area contributed by atoms with Gasteiger partial charge in [-0.15, -0.1) is 0 Å². The molecule has 0 aromatic carbocycles. The van der Waals surface area contributed by atoms with Crippen molar-refractivity contribution in [2.75, 3.05) is 20.1 Å². The van der Waals surface area contributed by atoms with Gasteiger partial charge in [0.05, 0.1) is 26.2 Å². The Morgan fingerprint density at radius 3 is 2.20 bits per heavy atom. The number of hydrogen-bond acceptors (Lipinski definition) is 0. The highest BCUT2D eigenvalue weighted by molar-refractivity contribution is 4.72. The molecule has 2 heteroatoms. The van der Waals surface area contributed by atoms with Crippen LogP contribution in [0.25, 0.3) is 0 Å². The lowest BCUT2D eigenvalue weighted by Gasteiger charge is -2.52. The van der Waals surface area contributed by atoms with Crippen molar-refractivity contribution in [3.8, 4) is 0 Å². The zero-order valence-corrected chi connectivity index (χ0v) is 8.80. The third-order valence-electron chi connectivity index (χ3n) is 3.31. The van der Waals surface area contributed by atoms with Crippen LogP contribution in [0.5, 0.6) is 0 Å². The summed E-state index contributed by atoms with van der Waals surface area (Å²) in [5.41, 5.74) is 0. The number of piperidine rings is 1. The van der Waals surface area contributed by atoms with E-state index in [1.54, 1.807) is 0 Å². The quantitative estimate of drug-likeness (QED) is 0.360. The van der Waals surface area contributed by atoms with Crippen molar-refractivity contribution in [1.29, 1.82) is 0 Å². The van der Waals surface area contributed by atoms with Crippen LogP contribution >= 0.6 is 0 Å². The predicted octanol–water partition coefficient (Wildman–Crippen LogP) is -1.61. The third kappa shape index (κ3) is 1.20. The molecule has 0 amide bonds. The van der Waals surface area contributed by atoms with E-state index in [2.05, 4.69) is 7.05 Å². The normalized spacial score (nSPS) is 44.7. The molecule has 2 aliphatic rings. The average molecular weight is 253 g/mol. The predicted molar refractivity (Wildman–Crippen MR) is 38.2 cm³/mol. The van der Waals surface area contributed by atoms with Crippen LogP contribution in [0.4, 0.5) is 0 Å². The molecule has 2 aliphatic heterocycles. The number of hydrogen-bond donors (Lipinski definition) is 0. The number of rotatable bonds is 0. The fraction of sp³-hybridized carbons (Fsp3) is 1.00. The van der Waals surface area contributed by atoms with Gasteiger partial charge in [-0.05, 0) is 19.3 Å². The number of fused-ring (bicyclic) bond motifs is 1. The van der Waals surface area contributed by atoms with E-state index in [4.69, 9.17) is 0 Å². The van der Waals surface area contributed by atoms with Gasteiger partial charge in [0.1, 0.15) is 0 Å². The lowest BCUT2D eigenvalue weighted by Crippen LogP contribution is -3.00. The van der Waals surface area contributed by atoms with E-state index in [9.17, 15) is 0 Å². The molecule has 60 valence electrons. The molecule has 0 bridgehead atoms. The van der Waals surface area contributed by atoms with Gasteiger partial charge in [0, 0.05) is 6.42 Å². The van der Waals surface area contributed by atoms with E-state index in [0.717, 1.165) is 6.04 Å². The molecule has 2 rings (SSSR count). The van der Waals surface area contributed by atoms with Crippen molar-refractivity contribution in [1.82, 2.24) is 0 Å². The van der Waals surface area contributed by atoms with Gasteiger partial charge in [0.25, 0.3) is 0 Å². The summed E-state index contributed by atoms with van der Waals surface area (Å²) in [6.45, 7) is 2.93. The molecule has 1 nitrogen and oxygen atoms in total. The van der Waals surface area contributed by atoms with Crippen molar-refractivity contribution in [2.24, 2.45) is 0 Å². The third-order valence-corrected chi connectivity index (χ3v) is 3.31. The minimum atomic E-state index is 0. The highest BCUT2D eigenvalue weighted by Crippen LogP contribution is 2.34. The molecule has 0 N–H and O–H groups in total. The molecule has 0 aromatic heterocycles. The van der Waals surface area contributed by atoms with Crippen LogP contribution in [0.3, 0.4) is 0 Å². The Hall–Kier alpha value is 0.690. The van der Waals surface area contributed by atoms with Gasteiger partial charge < -0.3 is 28.5 Å². The second kappa shape index (κ2) is 2.97. The molecular weight excluding hydrogens is 237 g/mol. The standard InChI is InChI=1S/C8H16N.HI/c1-9-6-3-2-4-8(9)5-7-9;/h8H,2-7H2,1H3;1H/q+1;/p-1. The highest BCUT2D eigenvalue weighted by Gasteiger charge is 2.43. The zero-order valence-electron chi connectivity index (χ0n) is 6.65. The van der Waals surface area contributed by atoms with Crippen LogP contribution in [0.1, 0.15) is 25.7 Å². The van der Waals surface area contributed by atoms with Crippen LogP contribution < -0.4 is 24.0 Å². The van der Waals surface area contributed by atoms with Gasteiger partial charge in [-0.1, -0.05) is 0 Å². The maximum Gasteiger partial charge on any atom is 0.0942 e. The number of halogens is 1. The van der Waals surface area contributed by atoms with Crippen molar-refractivity contribution in [2.45, 2.75) is 31.7 Å². The summed E-state index contributed by atoms with van der Waals surface area (Å²) in [6.07, 6.45) is 6.00. The summed E-state index contributed by atoms with van der Waals surface area (Å²) in [5, 5.41) is 0. The zero-order chi connectivity index (χ0) is 6.32. The number of quaternary nitrogens is 1. The monoisotopic (exact) mass is 253 g/mol. The Balaban J connectivity index is 0.000000500. The minimum Gasteiger partial charge on any atom is -1.00 e. The maximum absolute atomic E-state index is 2.42. The SMILES string of the molecule is C[N+]12CCCCC1CC2.[I-]. The molecule has 2 saturated heterocycles. The van der Waals surface area contributed by atoms with Gasteiger partial charge >= 0.3 is 0 Å². The second-order valence-corrected chi connectivity index (χ2v) is 3.86. The van der Waals surface area contributed by atoms with Gasteiger partial charge in [0.2, 0.25) is 0 Å². The highest BCUT2D eigenvalue weighted by atomic mass is 127. The molecule has 2 atom stereocenters. The van der Waals surface area contributed by atoms with Crippen LogP contribution in [0.2, 0.25) is 0 Å². The van der Waals surface area contributed by atoms with Gasteiger partial charge in [0.15, 0.2) is 0 Å². The summed E-state index contributed by atoms with van der Waals surface area (Å²) in [4.78, 5) is 0. The topological polar surface area (TPSA) is 0 Å². The molecule has 0 saturated carbocycles. The fourth-order valence-electron chi connectivity index (χ4n) is 2.36. The maximum atomic E-state index is 2.42. The largest absolute Gasteiger partial charge is 1.00 e. The molecule has 10 heavy (non-hydrogen) atoms. The molecule has 0 aliphatic carbocycles. The summed E-state index contributed by atoms with van der Waals surface area (Å²) < 4.78 is 1.42. The van der Waals surface area contributed by atoms with Crippen molar-refractivity contribution in [3.63, 3.8) is 0 Å². The molecule has 2 heterocycles. The number of nitrogens with zero attached hydrogens (tertiary/aromatic N) is 1. The van der Waals surface area contributed by atoms with E-state index in [-0.39, 0.29) is 24.0 Å². The molecule has 2 unspecified atom stereocenters. The molecule has 2 fully saturated rings. The van der Waals surface area contributed by atoms with Gasteiger partial charge in [-0.2, -0.15) is 0 Å². The van der Waals surface area contributed by atoms with E-state index in [1.807, 2.05) is 0 Å². The first kappa shape index (κ1) is 8.78. The minimum absolute atomic E-state index is 0. The molecule has 0 radical (unpaired) electrons. The lowest BCUT2D eigenvalue weighted by molar-refractivity contribution is -0.977. The van der Waals surface area contributed by atoms with Gasteiger partial charge in [-0.25, -0.2) is 0 Å². The van der Waals surface area contributed by atoms with Crippen LogP contribution in [-0.4, -0.2) is 30.7 Å². The van der Waals surface area contributed by atoms with Crippen molar-refractivity contribution < 1.29 is 28.5 Å². The first-order valence-electron chi connectivity index (χ1n) is 4.15. The Morgan fingerprint density at radius 2 is 1.90 bits per heavy atom. The first-order chi connectivity index (χ1) is 4.31. The summed E-state index contributed by atoms with van der Waals surface area (Å²) in [6, 6.07) is 1.07. The first-order valence-corrected chi connectivity index (χ1v) is 4.15. The van der Waals surface area contributed by atoms with Crippen molar-refractivity contribution in [3.05, 3.63) is 0 Å².